The van der Waals surface area contributed by atoms with Crippen LogP contribution >= 0.6 is 0 Å². The number of hydrogen-bond donors (Lipinski definition) is 1. The van der Waals surface area contributed by atoms with Gasteiger partial charge in [0.1, 0.15) is 0 Å². The minimum atomic E-state index is -0.373. The minimum absolute atomic E-state index is 0.0628. The van der Waals surface area contributed by atoms with Crippen molar-refractivity contribution in [3.8, 4) is 0 Å². The average molecular weight is 273 g/mol. The molecule has 2 aromatic rings. The van der Waals surface area contributed by atoms with Crippen molar-refractivity contribution in [3.63, 3.8) is 0 Å². The van der Waals surface area contributed by atoms with Crippen molar-refractivity contribution in [3.05, 3.63) is 46.3 Å². The molecular weight excluding hydrogens is 254 g/mol. The van der Waals surface area contributed by atoms with E-state index < -0.39 is 0 Å². The van der Waals surface area contributed by atoms with Gasteiger partial charge in [-0.1, -0.05) is 19.9 Å². The standard InChI is InChI=1S/C15H19N3O2/c1-10(2)7-12(16)8-11-3-4-15(18(19)20)14-9-17-6-5-13(11)14/h3-6,9-10,12H,7-8,16H2,1-2H3. The topological polar surface area (TPSA) is 82.0 Å². The Labute approximate surface area is 118 Å². The predicted octanol–water partition coefficient (Wildman–Crippen LogP) is 3.06. The molecule has 5 heteroatoms. The second kappa shape index (κ2) is 5.96. The lowest BCUT2D eigenvalue weighted by Crippen LogP contribution is -2.24. The number of pyridine rings is 1. The number of fused-ring (bicyclic) bond motifs is 1. The lowest BCUT2D eigenvalue weighted by atomic mass is 9.95. The van der Waals surface area contributed by atoms with Gasteiger partial charge in [0.2, 0.25) is 0 Å². The Morgan fingerprint density at radius 1 is 1.30 bits per heavy atom. The maximum absolute atomic E-state index is 11.0. The zero-order valence-corrected chi connectivity index (χ0v) is 11.7. The van der Waals surface area contributed by atoms with Crippen LogP contribution in [0.25, 0.3) is 10.8 Å². The first-order valence-electron chi connectivity index (χ1n) is 6.74. The molecule has 5 nitrogen and oxygen atoms in total. The molecule has 0 saturated heterocycles. The van der Waals surface area contributed by atoms with Gasteiger partial charge in [-0.25, -0.2) is 0 Å². The summed E-state index contributed by atoms with van der Waals surface area (Å²) in [6, 6.07) is 5.23. The van der Waals surface area contributed by atoms with Gasteiger partial charge in [-0.3, -0.25) is 15.1 Å². The molecule has 0 fully saturated rings. The highest BCUT2D eigenvalue weighted by Crippen LogP contribution is 2.28. The van der Waals surface area contributed by atoms with Crippen molar-refractivity contribution in [2.45, 2.75) is 32.7 Å². The van der Waals surface area contributed by atoms with E-state index in [-0.39, 0.29) is 16.7 Å². The van der Waals surface area contributed by atoms with Crippen molar-refractivity contribution in [2.75, 3.05) is 0 Å². The number of hydrogen-bond acceptors (Lipinski definition) is 4. The highest BCUT2D eigenvalue weighted by Gasteiger charge is 2.16. The molecule has 1 atom stereocenters. The largest absolute Gasteiger partial charge is 0.327 e. The molecule has 20 heavy (non-hydrogen) atoms. The SMILES string of the molecule is CC(C)CC(N)Cc1ccc([N+](=O)[O-])c2cnccc12. The van der Waals surface area contributed by atoms with E-state index in [1.165, 1.54) is 0 Å². The molecule has 0 aliphatic heterocycles. The van der Waals surface area contributed by atoms with Crippen LogP contribution in [0.5, 0.6) is 0 Å². The number of aromatic nitrogens is 1. The van der Waals surface area contributed by atoms with Gasteiger partial charge in [-0.2, -0.15) is 0 Å². The Balaban J connectivity index is 2.40. The van der Waals surface area contributed by atoms with E-state index in [9.17, 15) is 10.1 Å². The number of rotatable bonds is 5. The summed E-state index contributed by atoms with van der Waals surface area (Å²) in [5.74, 6) is 0.538. The van der Waals surface area contributed by atoms with E-state index >= 15 is 0 Å². The number of nitro groups is 1. The van der Waals surface area contributed by atoms with E-state index in [1.807, 2.05) is 6.07 Å². The van der Waals surface area contributed by atoms with Crippen LogP contribution in [0.1, 0.15) is 25.8 Å². The first kappa shape index (κ1) is 14.4. The molecule has 1 aromatic heterocycles. The zero-order chi connectivity index (χ0) is 14.7. The number of nitrogens with two attached hydrogens (primary N) is 1. The van der Waals surface area contributed by atoms with Gasteiger partial charge in [0.05, 0.1) is 10.3 Å². The van der Waals surface area contributed by atoms with Crippen LogP contribution in [0.15, 0.2) is 30.6 Å². The van der Waals surface area contributed by atoms with E-state index in [2.05, 4.69) is 18.8 Å². The molecule has 0 amide bonds. The van der Waals surface area contributed by atoms with Gasteiger partial charge in [0.15, 0.2) is 0 Å². The highest BCUT2D eigenvalue weighted by molar-refractivity contribution is 5.92. The fourth-order valence-electron chi connectivity index (χ4n) is 2.55. The summed E-state index contributed by atoms with van der Waals surface area (Å²) in [5.41, 5.74) is 7.28. The summed E-state index contributed by atoms with van der Waals surface area (Å²) in [4.78, 5) is 14.7. The molecule has 106 valence electrons. The first-order valence-corrected chi connectivity index (χ1v) is 6.74. The maximum atomic E-state index is 11.0. The van der Waals surface area contributed by atoms with Crippen molar-refractivity contribution < 1.29 is 4.92 Å². The van der Waals surface area contributed by atoms with Gasteiger partial charge in [-0.05, 0) is 35.8 Å². The molecule has 0 saturated carbocycles. The van der Waals surface area contributed by atoms with Crippen LogP contribution in [0.2, 0.25) is 0 Å². The van der Waals surface area contributed by atoms with Crippen molar-refractivity contribution in [1.82, 2.24) is 4.98 Å². The van der Waals surface area contributed by atoms with Crippen LogP contribution < -0.4 is 5.73 Å². The fraction of sp³-hybridized carbons (Fsp3) is 0.400. The quantitative estimate of drug-likeness (QED) is 0.670. The first-order chi connectivity index (χ1) is 9.49. The number of non-ortho nitro benzene ring substituents is 1. The molecule has 0 aliphatic carbocycles. The molecule has 0 bridgehead atoms. The van der Waals surface area contributed by atoms with Crippen LogP contribution in [0.4, 0.5) is 5.69 Å². The highest BCUT2D eigenvalue weighted by atomic mass is 16.6. The number of nitrogens with zero attached hydrogens (tertiary/aromatic N) is 2. The Morgan fingerprint density at radius 3 is 2.70 bits per heavy atom. The summed E-state index contributed by atoms with van der Waals surface area (Å²) >= 11 is 0. The summed E-state index contributed by atoms with van der Waals surface area (Å²) < 4.78 is 0. The molecule has 0 radical (unpaired) electrons. The van der Waals surface area contributed by atoms with E-state index in [0.29, 0.717) is 11.3 Å². The molecule has 1 aromatic carbocycles. The Bertz CT molecular complexity index is 626. The third-order valence-electron chi connectivity index (χ3n) is 3.34. The predicted molar refractivity (Wildman–Crippen MR) is 79.5 cm³/mol. The van der Waals surface area contributed by atoms with Crippen molar-refractivity contribution in [1.29, 1.82) is 0 Å². The maximum Gasteiger partial charge on any atom is 0.278 e. The van der Waals surface area contributed by atoms with Gasteiger partial charge < -0.3 is 5.73 Å². The van der Waals surface area contributed by atoms with Gasteiger partial charge >= 0.3 is 0 Å². The van der Waals surface area contributed by atoms with Gasteiger partial charge in [0, 0.05) is 24.5 Å². The minimum Gasteiger partial charge on any atom is -0.327 e. The average Bonchev–Trinajstić information content (AvgIpc) is 2.37. The molecule has 1 unspecified atom stereocenters. The Kier molecular flexibility index (Phi) is 4.29. The monoisotopic (exact) mass is 273 g/mol. The third-order valence-corrected chi connectivity index (χ3v) is 3.34. The second-order valence-electron chi connectivity index (χ2n) is 5.52. The van der Waals surface area contributed by atoms with Crippen LogP contribution in [0.3, 0.4) is 0 Å². The van der Waals surface area contributed by atoms with Crippen LogP contribution in [-0.4, -0.2) is 15.9 Å². The molecule has 1 heterocycles. The molecule has 2 N–H and O–H groups in total. The molecule has 2 rings (SSSR count). The lowest BCUT2D eigenvalue weighted by Gasteiger charge is -2.15. The Morgan fingerprint density at radius 2 is 2.05 bits per heavy atom. The summed E-state index contributed by atoms with van der Waals surface area (Å²) in [6.07, 6.45) is 4.86. The lowest BCUT2D eigenvalue weighted by molar-refractivity contribution is -0.383. The van der Waals surface area contributed by atoms with Gasteiger partial charge in [0.25, 0.3) is 5.69 Å². The van der Waals surface area contributed by atoms with Crippen LogP contribution in [-0.2, 0) is 6.42 Å². The number of nitro benzene ring substituents is 1. The molecule has 0 spiro atoms. The Hall–Kier alpha value is -2.01. The summed E-state index contributed by atoms with van der Waals surface area (Å²) in [6.45, 7) is 4.27. The van der Waals surface area contributed by atoms with Crippen LogP contribution in [0, 0.1) is 16.0 Å². The summed E-state index contributed by atoms with van der Waals surface area (Å²) in [7, 11) is 0. The number of benzene rings is 1. The van der Waals surface area contributed by atoms with Crippen molar-refractivity contribution in [2.24, 2.45) is 11.7 Å². The summed E-state index contributed by atoms with van der Waals surface area (Å²) in [5, 5.41) is 12.5. The molecular formula is C15H19N3O2. The van der Waals surface area contributed by atoms with Gasteiger partial charge in [-0.15, -0.1) is 0 Å². The molecule has 0 aliphatic rings. The smallest absolute Gasteiger partial charge is 0.278 e. The van der Waals surface area contributed by atoms with E-state index in [4.69, 9.17) is 5.73 Å². The zero-order valence-electron chi connectivity index (χ0n) is 11.7. The van der Waals surface area contributed by atoms with Crippen molar-refractivity contribution >= 4 is 16.5 Å². The van der Waals surface area contributed by atoms with E-state index in [0.717, 1.165) is 23.8 Å². The fourth-order valence-corrected chi connectivity index (χ4v) is 2.55. The second-order valence-corrected chi connectivity index (χ2v) is 5.52. The normalized spacial score (nSPS) is 12.8. The third kappa shape index (κ3) is 3.11. The van der Waals surface area contributed by atoms with E-state index in [1.54, 1.807) is 24.5 Å².